The maximum atomic E-state index is 11.8. The molecule has 2 saturated heterocycles. The zero-order valence-electron chi connectivity index (χ0n) is 15.0. The van der Waals surface area contributed by atoms with E-state index in [1.54, 1.807) is 18.3 Å². The molecule has 27 heavy (non-hydrogen) atoms. The lowest BCUT2D eigenvalue weighted by atomic mass is 10.2. The van der Waals surface area contributed by atoms with Crippen LogP contribution in [0.1, 0.15) is 31.2 Å². The molecule has 0 spiro atoms. The lowest BCUT2D eigenvalue weighted by molar-refractivity contribution is -0.198. The van der Waals surface area contributed by atoms with Crippen molar-refractivity contribution in [3.05, 3.63) is 30.0 Å². The summed E-state index contributed by atoms with van der Waals surface area (Å²) in [5, 5.41) is 12.2. The highest BCUT2D eigenvalue weighted by Crippen LogP contribution is 2.15. The third kappa shape index (κ3) is 5.93. The molecule has 9 heteroatoms. The molecular weight excluding hydrogens is 352 g/mol. The smallest absolute Gasteiger partial charge is 0.407 e. The fraction of sp³-hybridized carbons (Fsp3) is 0.500. The molecule has 9 nitrogen and oxygen atoms in total. The Bertz CT molecular complexity index is 673. The van der Waals surface area contributed by atoms with Gasteiger partial charge in [0.2, 0.25) is 0 Å². The van der Waals surface area contributed by atoms with Crippen molar-refractivity contribution in [3.8, 4) is 0 Å². The van der Waals surface area contributed by atoms with E-state index in [4.69, 9.17) is 14.7 Å². The minimum absolute atomic E-state index is 0.0555. The monoisotopic (exact) mass is 376 g/mol. The van der Waals surface area contributed by atoms with Crippen LogP contribution in [0.5, 0.6) is 0 Å². The number of carbonyl (C=O) groups is 2. The minimum atomic E-state index is -0.898. The second-order valence-corrected chi connectivity index (χ2v) is 6.55. The van der Waals surface area contributed by atoms with Gasteiger partial charge in [-0.25, -0.2) is 20.1 Å². The fourth-order valence-electron chi connectivity index (χ4n) is 2.98. The van der Waals surface area contributed by atoms with E-state index in [1.807, 2.05) is 6.07 Å². The number of amides is 2. The first-order valence-electron chi connectivity index (χ1n) is 9.06. The van der Waals surface area contributed by atoms with Crippen LogP contribution >= 0.6 is 0 Å². The lowest BCUT2D eigenvalue weighted by Crippen LogP contribution is -2.32. The van der Waals surface area contributed by atoms with Gasteiger partial charge in [0, 0.05) is 44.4 Å². The molecule has 2 amide bonds. The van der Waals surface area contributed by atoms with Crippen molar-refractivity contribution in [1.29, 1.82) is 0 Å². The zero-order chi connectivity index (χ0) is 19.1. The number of anilines is 1. The summed E-state index contributed by atoms with van der Waals surface area (Å²) in [4.78, 5) is 33.6. The van der Waals surface area contributed by atoms with Crippen molar-refractivity contribution < 1.29 is 24.3 Å². The number of ether oxygens (including phenoxy) is 1. The second kappa shape index (κ2) is 9.33. The van der Waals surface area contributed by atoms with Crippen LogP contribution in [-0.4, -0.2) is 59.0 Å². The van der Waals surface area contributed by atoms with E-state index in [2.05, 4.69) is 15.8 Å². The van der Waals surface area contributed by atoms with Crippen molar-refractivity contribution in [2.24, 2.45) is 0 Å². The number of carboxylic acid groups (broad SMARTS) is 1. The van der Waals surface area contributed by atoms with Gasteiger partial charge in [0.25, 0.3) is 5.91 Å². The molecule has 0 bridgehead atoms. The van der Waals surface area contributed by atoms with Crippen molar-refractivity contribution in [1.82, 2.24) is 15.4 Å². The van der Waals surface area contributed by atoms with Crippen LogP contribution in [-0.2, 0) is 14.4 Å². The molecule has 1 aromatic heterocycles. The maximum absolute atomic E-state index is 11.8. The summed E-state index contributed by atoms with van der Waals surface area (Å²) in [5.74, 6) is 0.303. The number of likely N-dealkylation sites (tertiary alicyclic amines) is 1. The minimum Gasteiger partial charge on any atom is -0.465 e. The number of pyridine rings is 1. The van der Waals surface area contributed by atoms with E-state index >= 15 is 0 Å². The Labute approximate surface area is 157 Å². The Morgan fingerprint density at radius 2 is 2.22 bits per heavy atom. The summed E-state index contributed by atoms with van der Waals surface area (Å²) in [7, 11) is 0. The van der Waals surface area contributed by atoms with Crippen LogP contribution in [0.2, 0.25) is 0 Å². The molecule has 0 saturated carbocycles. The third-order valence-electron chi connectivity index (χ3n) is 4.45. The zero-order valence-corrected chi connectivity index (χ0v) is 15.0. The van der Waals surface area contributed by atoms with Crippen LogP contribution in [0.4, 0.5) is 10.6 Å². The summed E-state index contributed by atoms with van der Waals surface area (Å²) >= 11 is 0. The molecule has 0 aliphatic carbocycles. The van der Waals surface area contributed by atoms with Crippen molar-refractivity contribution in [2.75, 3.05) is 25.0 Å². The number of hydroxylamine groups is 1. The van der Waals surface area contributed by atoms with E-state index < -0.39 is 6.09 Å². The highest BCUT2D eigenvalue weighted by Gasteiger charge is 2.25. The van der Waals surface area contributed by atoms with E-state index in [-0.39, 0.29) is 18.2 Å². The summed E-state index contributed by atoms with van der Waals surface area (Å²) < 4.78 is 5.36. The highest BCUT2D eigenvalue weighted by atomic mass is 16.8. The number of nitrogens with one attached hydrogen (secondary N) is 2. The first-order chi connectivity index (χ1) is 13.1. The van der Waals surface area contributed by atoms with E-state index in [9.17, 15) is 9.59 Å². The molecule has 2 aliphatic rings. The average Bonchev–Trinajstić information content (AvgIpc) is 3.15. The van der Waals surface area contributed by atoms with Gasteiger partial charge >= 0.3 is 6.09 Å². The number of aromatic nitrogens is 1. The first kappa shape index (κ1) is 19.1. The van der Waals surface area contributed by atoms with Crippen molar-refractivity contribution in [3.63, 3.8) is 0 Å². The van der Waals surface area contributed by atoms with E-state index in [0.29, 0.717) is 25.5 Å². The van der Waals surface area contributed by atoms with Crippen molar-refractivity contribution >= 4 is 23.9 Å². The van der Waals surface area contributed by atoms with Crippen molar-refractivity contribution in [2.45, 2.75) is 38.0 Å². The van der Waals surface area contributed by atoms with Gasteiger partial charge in [-0.05, 0) is 43.0 Å². The number of nitrogens with zero attached hydrogens (tertiary/aromatic N) is 2. The molecule has 0 radical (unpaired) electrons. The van der Waals surface area contributed by atoms with Gasteiger partial charge in [0.1, 0.15) is 5.82 Å². The molecule has 0 aromatic carbocycles. The van der Waals surface area contributed by atoms with Gasteiger partial charge in [-0.1, -0.05) is 0 Å². The summed E-state index contributed by atoms with van der Waals surface area (Å²) in [6.07, 6.45) is 6.94. The maximum Gasteiger partial charge on any atom is 0.407 e. The van der Waals surface area contributed by atoms with E-state index in [1.165, 1.54) is 11.0 Å². The molecule has 1 aromatic rings. The number of hydrogen-bond donors (Lipinski definition) is 3. The van der Waals surface area contributed by atoms with Gasteiger partial charge < -0.3 is 20.1 Å². The van der Waals surface area contributed by atoms with E-state index in [0.717, 1.165) is 31.2 Å². The summed E-state index contributed by atoms with van der Waals surface area (Å²) in [5.41, 5.74) is 3.13. The molecule has 2 atom stereocenters. The Morgan fingerprint density at radius 3 is 2.89 bits per heavy atom. The van der Waals surface area contributed by atoms with Crippen LogP contribution in [0.15, 0.2) is 24.4 Å². The topological polar surface area (TPSA) is 113 Å². The van der Waals surface area contributed by atoms with Gasteiger partial charge in [-0.3, -0.25) is 4.79 Å². The quantitative estimate of drug-likeness (QED) is 0.513. The number of hydrogen-bond acceptors (Lipinski definition) is 6. The molecule has 146 valence electrons. The lowest BCUT2D eigenvalue weighted by Gasteiger charge is -2.21. The predicted octanol–water partition coefficient (Wildman–Crippen LogP) is 1.83. The molecule has 3 rings (SSSR count). The molecule has 3 N–H and O–H groups in total. The molecule has 3 heterocycles. The van der Waals surface area contributed by atoms with Crippen LogP contribution in [0.25, 0.3) is 6.08 Å². The first-order valence-corrected chi connectivity index (χ1v) is 9.06. The number of carbonyl (C=O) groups excluding carboxylic acids is 1. The standard InChI is InChI=1S/C18H24N4O5/c23-16(21-27-17-3-1-2-10-26-17)7-5-13-4-6-15(19-11-13)20-14-8-9-22(12-14)18(24)25/h4-7,11,14,17H,1-3,8-10,12H2,(H,19,20)(H,21,23)(H,24,25)/t14-,17?/m1/s1. The van der Waals surface area contributed by atoms with Gasteiger partial charge in [-0.15, -0.1) is 0 Å². The SMILES string of the molecule is O=C(C=Cc1ccc(N[C@@H]2CCN(C(=O)O)C2)nc1)NOC1CCCCO1. The Kier molecular flexibility index (Phi) is 6.61. The normalized spacial score (nSPS) is 22.7. The van der Waals surface area contributed by atoms with Gasteiger partial charge in [0.05, 0.1) is 0 Å². The van der Waals surface area contributed by atoms with Crippen LogP contribution in [0, 0.1) is 0 Å². The van der Waals surface area contributed by atoms with Crippen LogP contribution in [0.3, 0.4) is 0 Å². The largest absolute Gasteiger partial charge is 0.465 e. The third-order valence-corrected chi connectivity index (χ3v) is 4.45. The van der Waals surface area contributed by atoms with Gasteiger partial charge in [0.15, 0.2) is 6.29 Å². The van der Waals surface area contributed by atoms with Crippen LogP contribution < -0.4 is 10.8 Å². The second-order valence-electron chi connectivity index (χ2n) is 6.55. The van der Waals surface area contributed by atoms with Gasteiger partial charge in [-0.2, -0.15) is 0 Å². The Morgan fingerprint density at radius 1 is 1.33 bits per heavy atom. The highest BCUT2D eigenvalue weighted by molar-refractivity contribution is 5.90. The number of rotatable bonds is 6. The Balaban J connectivity index is 1.42. The molecule has 1 unspecified atom stereocenters. The fourth-order valence-corrected chi connectivity index (χ4v) is 2.98. The summed E-state index contributed by atoms with van der Waals surface area (Å²) in [6.45, 7) is 1.62. The Hall–Kier alpha value is -2.65. The molecular formula is C18H24N4O5. The summed E-state index contributed by atoms with van der Waals surface area (Å²) in [6, 6.07) is 3.68. The molecule has 2 aliphatic heterocycles. The predicted molar refractivity (Wildman–Crippen MR) is 97.7 cm³/mol. The molecule has 2 fully saturated rings. The average molecular weight is 376 g/mol.